The summed E-state index contributed by atoms with van der Waals surface area (Å²) in [5.41, 5.74) is -2.85. The van der Waals surface area contributed by atoms with E-state index in [0.717, 1.165) is 6.42 Å². The van der Waals surface area contributed by atoms with Gasteiger partial charge in [-0.1, -0.05) is 41.0 Å². The van der Waals surface area contributed by atoms with Crippen molar-refractivity contribution in [2.24, 2.45) is 52.3 Å². The molecule has 5 rings (SSSR count). The fourth-order valence-corrected chi connectivity index (χ4v) is 12.0. The van der Waals surface area contributed by atoms with Crippen molar-refractivity contribution >= 4 is 10.4 Å². The predicted octanol–water partition coefficient (Wildman–Crippen LogP) is 1.39. The lowest BCUT2D eigenvalue weighted by atomic mass is 9.42. The van der Waals surface area contributed by atoms with Crippen LogP contribution in [0.25, 0.3) is 0 Å². The van der Waals surface area contributed by atoms with Gasteiger partial charge in [0, 0.05) is 12.3 Å². The average Bonchev–Trinajstić information content (AvgIpc) is 3.20. The van der Waals surface area contributed by atoms with Crippen molar-refractivity contribution in [3.63, 3.8) is 0 Å². The molecule has 0 spiro atoms. The van der Waals surface area contributed by atoms with Crippen LogP contribution in [0.2, 0.25) is 0 Å². The molecular weight excluding hydrogens is 648 g/mol. The van der Waals surface area contributed by atoms with Gasteiger partial charge in [-0.2, -0.15) is 8.42 Å². The molecule has 0 aromatic rings. The molecule has 0 aromatic carbocycles. The SMILES string of the molecule is CC(C)C(CCOC1OCC(O)C(O)C1O)CCC(C)C1C(O)C(OS(=O)(=O)O)C2C1(C)CCC1C3(C)CCC(O)CC3C(O)CC12O. The molecule has 0 amide bonds. The number of hydrogen-bond acceptors (Lipinski definition) is 12. The summed E-state index contributed by atoms with van der Waals surface area (Å²) in [6.45, 7) is 10.4. The minimum atomic E-state index is -5.00. The maximum atomic E-state index is 12.7. The summed E-state index contributed by atoms with van der Waals surface area (Å²) < 4.78 is 50.7. The summed E-state index contributed by atoms with van der Waals surface area (Å²) in [7, 11) is -5.00. The number of fused-ring (bicyclic) bond motifs is 5. The second-order valence-corrected chi connectivity index (χ2v) is 17.9. The van der Waals surface area contributed by atoms with Crippen LogP contribution in [0.1, 0.15) is 92.4 Å². The molecule has 48 heavy (non-hydrogen) atoms. The third-order valence-electron chi connectivity index (χ3n) is 13.8. The molecule has 17 atom stereocenters. The van der Waals surface area contributed by atoms with Crippen molar-refractivity contribution in [1.82, 2.24) is 0 Å². The van der Waals surface area contributed by atoms with Crippen LogP contribution < -0.4 is 0 Å². The van der Waals surface area contributed by atoms with Crippen LogP contribution in [-0.2, 0) is 24.1 Å². The summed E-state index contributed by atoms with van der Waals surface area (Å²) in [5, 5.41) is 76.4. The van der Waals surface area contributed by atoms with E-state index >= 15 is 0 Å². The normalized spacial score (nSPS) is 49.2. The van der Waals surface area contributed by atoms with Crippen LogP contribution >= 0.6 is 0 Å². The molecule has 1 saturated heterocycles. The number of aliphatic hydroxyl groups is 7. The molecule has 13 nitrogen and oxygen atoms in total. The molecule has 17 unspecified atom stereocenters. The van der Waals surface area contributed by atoms with Gasteiger partial charge in [0.05, 0.1) is 37.1 Å². The zero-order valence-electron chi connectivity index (χ0n) is 29.0. The molecule has 14 heteroatoms. The Bertz CT molecular complexity index is 1220. The first-order chi connectivity index (χ1) is 22.2. The van der Waals surface area contributed by atoms with E-state index in [-0.39, 0.29) is 49.2 Å². The van der Waals surface area contributed by atoms with Crippen molar-refractivity contribution in [1.29, 1.82) is 0 Å². The Morgan fingerprint density at radius 2 is 1.54 bits per heavy atom. The van der Waals surface area contributed by atoms with E-state index in [1.54, 1.807) is 0 Å². The summed E-state index contributed by atoms with van der Waals surface area (Å²) in [6, 6.07) is 0. The van der Waals surface area contributed by atoms with Crippen molar-refractivity contribution in [2.75, 3.05) is 13.2 Å². The van der Waals surface area contributed by atoms with Gasteiger partial charge in [-0.15, -0.1) is 0 Å². The summed E-state index contributed by atoms with van der Waals surface area (Å²) in [5.74, 6) is -1.58. The summed E-state index contributed by atoms with van der Waals surface area (Å²) >= 11 is 0. The molecule has 1 heterocycles. The highest BCUT2D eigenvalue weighted by molar-refractivity contribution is 7.80. The molecule has 0 bridgehead atoms. The molecule has 4 saturated carbocycles. The molecule has 0 radical (unpaired) electrons. The first kappa shape index (κ1) is 38.7. The van der Waals surface area contributed by atoms with Gasteiger partial charge < -0.3 is 45.2 Å². The first-order valence-electron chi connectivity index (χ1n) is 17.9. The second-order valence-electron chi connectivity index (χ2n) is 16.9. The van der Waals surface area contributed by atoms with E-state index < -0.39 is 87.7 Å². The number of hydrogen-bond donors (Lipinski definition) is 8. The number of ether oxygens (including phenoxy) is 2. The Kier molecular flexibility index (Phi) is 11.4. The molecule has 0 aromatic heterocycles. The Balaban J connectivity index is 1.34. The summed E-state index contributed by atoms with van der Waals surface area (Å²) in [4.78, 5) is 0. The van der Waals surface area contributed by atoms with Gasteiger partial charge >= 0.3 is 10.4 Å². The summed E-state index contributed by atoms with van der Waals surface area (Å²) in [6.07, 6.45) is -4.32. The number of aliphatic hydroxyl groups excluding tert-OH is 6. The average molecular weight is 709 g/mol. The standard InChI is InChI=1S/C34H60O13S/c1-17(2)19(10-13-45-31-28(40)26(38)23(37)16-46-31)7-6-18(3)25-27(39)29(47-48(42,43)44)30-33(25,5)12-9-24-32(4)11-8-20(35)14-21(32)22(36)15-34(24,30)41/h17-31,35-41H,6-16H2,1-5H3,(H,42,43,44). The van der Waals surface area contributed by atoms with Crippen LogP contribution in [0.3, 0.4) is 0 Å². The lowest BCUT2D eigenvalue weighted by molar-refractivity contribution is -0.270. The van der Waals surface area contributed by atoms with Crippen molar-refractivity contribution < 1.29 is 62.4 Å². The highest BCUT2D eigenvalue weighted by atomic mass is 32.3. The molecule has 8 N–H and O–H groups in total. The Hall–Kier alpha value is -0.490. The Labute approximate surface area is 284 Å². The van der Waals surface area contributed by atoms with Gasteiger partial charge in [0.2, 0.25) is 0 Å². The van der Waals surface area contributed by atoms with Crippen LogP contribution in [0, 0.1) is 52.3 Å². The highest BCUT2D eigenvalue weighted by Gasteiger charge is 2.73. The van der Waals surface area contributed by atoms with Gasteiger partial charge in [0.15, 0.2) is 6.29 Å². The van der Waals surface area contributed by atoms with Gasteiger partial charge in [-0.3, -0.25) is 4.55 Å². The fraction of sp³-hybridized carbons (Fsp3) is 1.00. The van der Waals surface area contributed by atoms with E-state index in [0.29, 0.717) is 44.9 Å². The molecule has 5 fully saturated rings. The maximum Gasteiger partial charge on any atom is 0.397 e. The third kappa shape index (κ3) is 7.00. The smallest absolute Gasteiger partial charge is 0.393 e. The largest absolute Gasteiger partial charge is 0.397 e. The fourth-order valence-electron chi connectivity index (χ4n) is 11.5. The minimum Gasteiger partial charge on any atom is -0.393 e. The van der Waals surface area contributed by atoms with Crippen LogP contribution in [0.4, 0.5) is 0 Å². The molecule has 280 valence electrons. The highest BCUT2D eigenvalue weighted by Crippen LogP contribution is 2.70. The zero-order valence-corrected chi connectivity index (χ0v) is 29.8. The maximum absolute atomic E-state index is 12.7. The van der Waals surface area contributed by atoms with E-state index in [2.05, 4.69) is 20.8 Å². The van der Waals surface area contributed by atoms with Crippen molar-refractivity contribution in [2.45, 2.75) is 147 Å². The van der Waals surface area contributed by atoms with E-state index in [9.17, 15) is 48.7 Å². The van der Waals surface area contributed by atoms with Gasteiger partial charge in [-0.25, -0.2) is 4.18 Å². The van der Waals surface area contributed by atoms with Crippen molar-refractivity contribution in [3.8, 4) is 0 Å². The van der Waals surface area contributed by atoms with E-state index in [1.165, 1.54) is 0 Å². The lowest BCUT2D eigenvalue weighted by Gasteiger charge is -2.66. The quantitative estimate of drug-likeness (QED) is 0.142. The van der Waals surface area contributed by atoms with Crippen LogP contribution in [0.15, 0.2) is 0 Å². The first-order valence-corrected chi connectivity index (χ1v) is 19.3. The van der Waals surface area contributed by atoms with Gasteiger partial charge in [0.1, 0.15) is 24.4 Å². The van der Waals surface area contributed by atoms with Crippen LogP contribution in [0.5, 0.6) is 0 Å². The molecular formula is C34H60O13S. The Morgan fingerprint density at radius 1 is 0.875 bits per heavy atom. The number of rotatable bonds is 11. The Morgan fingerprint density at radius 3 is 2.19 bits per heavy atom. The minimum absolute atomic E-state index is 0.0329. The second kappa shape index (κ2) is 14.1. The third-order valence-corrected chi connectivity index (χ3v) is 14.3. The van der Waals surface area contributed by atoms with E-state index in [1.807, 2.05) is 13.8 Å². The lowest BCUT2D eigenvalue weighted by Crippen LogP contribution is -2.69. The topological polar surface area (TPSA) is 224 Å². The van der Waals surface area contributed by atoms with Crippen LogP contribution in [-0.4, -0.2) is 117 Å². The van der Waals surface area contributed by atoms with E-state index in [4.69, 9.17) is 13.7 Å². The van der Waals surface area contributed by atoms with Gasteiger partial charge in [-0.05, 0) is 91.3 Å². The predicted molar refractivity (Wildman–Crippen MR) is 172 cm³/mol. The zero-order chi connectivity index (χ0) is 35.6. The molecule has 1 aliphatic heterocycles. The molecule has 5 aliphatic rings. The monoisotopic (exact) mass is 708 g/mol. The van der Waals surface area contributed by atoms with Crippen molar-refractivity contribution in [3.05, 3.63) is 0 Å². The van der Waals surface area contributed by atoms with Gasteiger partial charge in [0.25, 0.3) is 0 Å². The molecule has 4 aliphatic carbocycles.